The molecule has 0 aliphatic carbocycles. The smallest absolute Gasteiger partial charge is 0.407 e. The Morgan fingerprint density at radius 2 is 2.21 bits per heavy atom. The van der Waals surface area contributed by atoms with Crippen LogP contribution in [-0.4, -0.2) is 28.0 Å². The van der Waals surface area contributed by atoms with Gasteiger partial charge in [0, 0.05) is 17.2 Å². The lowest BCUT2D eigenvalue weighted by molar-refractivity contribution is 0.0528. The van der Waals surface area contributed by atoms with Gasteiger partial charge >= 0.3 is 6.09 Å². The van der Waals surface area contributed by atoms with Crippen molar-refractivity contribution in [2.45, 2.75) is 32.8 Å². The largest absolute Gasteiger partial charge is 0.444 e. The fourth-order valence-corrected chi connectivity index (χ4v) is 2.57. The Labute approximate surface area is 149 Å². The molecule has 0 radical (unpaired) electrons. The molecule has 0 fully saturated rings. The number of hydrogen-bond donors (Lipinski definition) is 1. The summed E-state index contributed by atoms with van der Waals surface area (Å²) < 4.78 is 7.71. The van der Waals surface area contributed by atoms with E-state index in [9.17, 15) is 4.79 Å². The minimum atomic E-state index is -0.503. The Morgan fingerprint density at radius 1 is 1.46 bits per heavy atom. The van der Waals surface area contributed by atoms with Gasteiger partial charge in [-0.2, -0.15) is 10.4 Å². The zero-order valence-electron chi connectivity index (χ0n) is 13.8. The molecule has 0 aliphatic rings. The average Bonchev–Trinajstić information content (AvgIpc) is 2.93. The molecule has 1 aromatic carbocycles. The Morgan fingerprint density at radius 3 is 2.83 bits per heavy atom. The highest BCUT2D eigenvalue weighted by Crippen LogP contribution is 2.22. The van der Waals surface area contributed by atoms with E-state index in [-0.39, 0.29) is 0 Å². The van der Waals surface area contributed by atoms with Gasteiger partial charge in [-0.3, -0.25) is 0 Å². The zero-order valence-corrected chi connectivity index (χ0v) is 15.4. The molecule has 0 spiro atoms. The van der Waals surface area contributed by atoms with E-state index in [1.165, 1.54) is 0 Å². The summed E-state index contributed by atoms with van der Waals surface area (Å²) >= 11 is 3.45. The van der Waals surface area contributed by atoms with Crippen molar-refractivity contribution in [3.63, 3.8) is 0 Å². The molecule has 1 aromatic heterocycles. The van der Waals surface area contributed by atoms with Crippen LogP contribution in [0.3, 0.4) is 0 Å². The first-order valence-corrected chi connectivity index (χ1v) is 8.28. The number of halogens is 1. The Bertz CT molecular complexity index is 772. The lowest BCUT2D eigenvalue weighted by atomic mass is 10.2. The van der Waals surface area contributed by atoms with Crippen molar-refractivity contribution in [2.75, 3.05) is 6.54 Å². The van der Waals surface area contributed by atoms with E-state index in [0.29, 0.717) is 18.5 Å². The summed E-state index contributed by atoms with van der Waals surface area (Å²) in [5.41, 5.74) is 1.92. The number of nitrogens with one attached hydrogen (secondary N) is 1. The number of carbonyl (C=O) groups excluding carboxylic acids is 1. The van der Waals surface area contributed by atoms with Gasteiger partial charge in [0.25, 0.3) is 0 Å². The summed E-state index contributed by atoms with van der Waals surface area (Å²) in [4.78, 5) is 11.6. The van der Waals surface area contributed by atoms with Gasteiger partial charge in [-0.25, -0.2) is 9.48 Å². The third-order valence-corrected chi connectivity index (χ3v) is 3.68. The van der Waals surface area contributed by atoms with Crippen molar-refractivity contribution in [1.29, 1.82) is 5.26 Å². The monoisotopic (exact) mass is 390 g/mol. The van der Waals surface area contributed by atoms with Crippen molar-refractivity contribution < 1.29 is 9.53 Å². The summed E-state index contributed by atoms with van der Waals surface area (Å²) in [5.74, 6) is 0. The first kappa shape index (κ1) is 18.0. The first-order chi connectivity index (χ1) is 11.3. The number of hydrogen-bond acceptors (Lipinski definition) is 4. The topological polar surface area (TPSA) is 79.9 Å². The highest BCUT2D eigenvalue weighted by atomic mass is 79.9. The van der Waals surface area contributed by atoms with Gasteiger partial charge < -0.3 is 10.1 Å². The van der Waals surface area contributed by atoms with E-state index in [0.717, 1.165) is 15.7 Å². The summed E-state index contributed by atoms with van der Waals surface area (Å²) in [7, 11) is 0. The third-order valence-electron chi connectivity index (χ3n) is 3.04. The third kappa shape index (κ3) is 5.10. The number of carbonyl (C=O) groups is 1. The second-order valence-corrected chi connectivity index (χ2v) is 7.10. The van der Waals surface area contributed by atoms with E-state index >= 15 is 0 Å². The van der Waals surface area contributed by atoms with E-state index in [1.54, 1.807) is 23.0 Å². The number of aromatic nitrogens is 2. The standard InChI is InChI=1S/C17H19BrN4O2/c1-17(2,3)24-16(23)20-7-6-13-10-21-22(11-13)15-5-4-12(9-19)8-14(15)18/h4-5,8,10-11H,6-7H2,1-3H3,(H,20,23). The minimum Gasteiger partial charge on any atom is -0.444 e. The van der Waals surface area contributed by atoms with Crippen LogP contribution in [0.25, 0.3) is 5.69 Å². The van der Waals surface area contributed by atoms with Crippen LogP contribution in [0.5, 0.6) is 0 Å². The lowest BCUT2D eigenvalue weighted by Gasteiger charge is -2.19. The van der Waals surface area contributed by atoms with Crippen molar-refractivity contribution in [3.8, 4) is 11.8 Å². The molecule has 0 saturated heterocycles. The van der Waals surface area contributed by atoms with Crippen molar-refractivity contribution >= 4 is 22.0 Å². The molecule has 0 bridgehead atoms. The van der Waals surface area contributed by atoms with Crippen molar-refractivity contribution in [3.05, 3.63) is 46.2 Å². The zero-order chi connectivity index (χ0) is 17.7. The lowest BCUT2D eigenvalue weighted by Crippen LogP contribution is -2.33. The van der Waals surface area contributed by atoms with E-state index in [2.05, 4.69) is 32.4 Å². The second kappa shape index (κ2) is 7.49. The molecule has 6 nitrogen and oxygen atoms in total. The molecule has 24 heavy (non-hydrogen) atoms. The van der Waals surface area contributed by atoms with E-state index in [4.69, 9.17) is 10.00 Å². The number of nitrogens with zero attached hydrogens (tertiary/aromatic N) is 3. The minimum absolute atomic E-state index is 0.426. The molecule has 7 heteroatoms. The van der Waals surface area contributed by atoms with Gasteiger partial charge in [-0.1, -0.05) is 0 Å². The van der Waals surface area contributed by atoms with Crippen LogP contribution in [0.1, 0.15) is 31.9 Å². The predicted octanol–water partition coefficient (Wildman–Crippen LogP) is 3.57. The number of nitriles is 1. The normalized spacial score (nSPS) is 11.0. The van der Waals surface area contributed by atoms with Crippen LogP contribution in [0.15, 0.2) is 35.1 Å². The molecule has 1 N–H and O–H groups in total. The molecule has 126 valence electrons. The summed E-state index contributed by atoms with van der Waals surface area (Å²) in [6.07, 6.45) is 3.86. The molecule has 2 rings (SSSR count). The quantitative estimate of drug-likeness (QED) is 0.864. The Hall–Kier alpha value is -2.33. The number of rotatable bonds is 4. The fourth-order valence-electron chi connectivity index (χ4n) is 2.01. The molecule has 0 aliphatic heterocycles. The molecule has 1 heterocycles. The summed E-state index contributed by atoms with van der Waals surface area (Å²) in [5, 5.41) is 15.9. The van der Waals surface area contributed by atoms with Crippen LogP contribution in [-0.2, 0) is 11.2 Å². The highest BCUT2D eigenvalue weighted by molar-refractivity contribution is 9.10. The van der Waals surface area contributed by atoms with Gasteiger partial charge in [0.15, 0.2) is 0 Å². The maximum Gasteiger partial charge on any atom is 0.407 e. The van der Waals surface area contributed by atoms with E-state index in [1.807, 2.05) is 33.0 Å². The van der Waals surface area contributed by atoms with Gasteiger partial charge in [-0.05, 0) is 66.9 Å². The summed E-state index contributed by atoms with van der Waals surface area (Å²) in [6, 6.07) is 7.42. The maximum atomic E-state index is 11.6. The molecular weight excluding hydrogens is 372 g/mol. The van der Waals surface area contributed by atoms with Crippen LogP contribution in [0.4, 0.5) is 4.79 Å². The molecule has 0 saturated carbocycles. The highest BCUT2D eigenvalue weighted by Gasteiger charge is 2.15. The number of amides is 1. The number of ether oxygens (including phenoxy) is 1. The maximum absolute atomic E-state index is 11.6. The van der Waals surface area contributed by atoms with Gasteiger partial charge in [0.05, 0.1) is 23.5 Å². The van der Waals surface area contributed by atoms with Crippen LogP contribution < -0.4 is 5.32 Å². The Kier molecular flexibility index (Phi) is 5.62. The van der Waals surface area contributed by atoms with Crippen LogP contribution >= 0.6 is 15.9 Å². The predicted molar refractivity (Wildman–Crippen MR) is 93.9 cm³/mol. The van der Waals surface area contributed by atoms with Gasteiger partial charge in [0.2, 0.25) is 0 Å². The Balaban J connectivity index is 1.94. The van der Waals surface area contributed by atoms with E-state index < -0.39 is 11.7 Å². The van der Waals surface area contributed by atoms with Crippen molar-refractivity contribution in [1.82, 2.24) is 15.1 Å². The summed E-state index contributed by atoms with van der Waals surface area (Å²) in [6.45, 7) is 5.94. The number of benzene rings is 1. The van der Waals surface area contributed by atoms with Crippen molar-refractivity contribution in [2.24, 2.45) is 0 Å². The van der Waals surface area contributed by atoms with Crippen LogP contribution in [0.2, 0.25) is 0 Å². The second-order valence-electron chi connectivity index (χ2n) is 6.25. The SMILES string of the molecule is CC(C)(C)OC(=O)NCCc1cnn(-c2ccc(C#N)cc2Br)c1. The van der Waals surface area contributed by atoms with Gasteiger partial charge in [0.1, 0.15) is 5.60 Å². The molecule has 1 amide bonds. The molecular formula is C17H19BrN4O2. The molecule has 0 atom stereocenters. The average molecular weight is 391 g/mol. The molecule has 2 aromatic rings. The molecule has 0 unspecified atom stereocenters. The fraction of sp³-hybridized carbons (Fsp3) is 0.353. The van der Waals surface area contributed by atoms with Crippen LogP contribution in [0, 0.1) is 11.3 Å². The van der Waals surface area contributed by atoms with Gasteiger partial charge in [-0.15, -0.1) is 0 Å². The number of alkyl carbamates (subject to hydrolysis) is 1. The first-order valence-electron chi connectivity index (χ1n) is 7.49.